The number of aromatic nitrogens is 1. The van der Waals surface area contributed by atoms with Gasteiger partial charge in [-0.2, -0.15) is 0 Å². The van der Waals surface area contributed by atoms with E-state index in [9.17, 15) is 4.79 Å². The van der Waals surface area contributed by atoms with Crippen molar-refractivity contribution in [2.75, 3.05) is 12.1 Å². The molecule has 3 rings (SSSR count). The number of ether oxygens (including phenoxy) is 1. The molecule has 1 N–H and O–H groups in total. The number of anilines is 1. The monoisotopic (exact) mass is 344 g/mol. The second kappa shape index (κ2) is 6.09. The molecule has 2 aromatic rings. The van der Waals surface area contributed by atoms with Crippen LogP contribution in [0.15, 0.2) is 41.9 Å². The molecule has 1 aromatic carbocycles. The van der Waals surface area contributed by atoms with Crippen molar-refractivity contribution in [1.29, 1.82) is 0 Å². The first-order valence-electron chi connectivity index (χ1n) is 8.16. The Morgan fingerprint density at radius 1 is 1.24 bits per heavy atom. The number of fused-ring (bicyclic) bond motifs is 1. The molecule has 0 unspecified atom stereocenters. The lowest BCUT2D eigenvalue weighted by Crippen LogP contribution is -2.44. The summed E-state index contributed by atoms with van der Waals surface area (Å²) in [6.07, 6.45) is 2.00. The van der Waals surface area contributed by atoms with E-state index in [4.69, 9.17) is 9.57 Å². The fourth-order valence-electron chi connectivity index (χ4n) is 2.85. The zero-order chi connectivity index (χ0) is 18.4. The van der Waals surface area contributed by atoms with Crippen molar-refractivity contribution in [2.24, 2.45) is 7.05 Å². The van der Waals surface area contributed by atoms with E-state index in [2.05, 4.69) is 5.43 Å². The molecule has 1 aliphatic heterocycles. The van der Waals surface area contributed by atoms with E-state index in [1.807, 2.05) is 74.8 Å². The van der Waals surface area contributed by atoms with Gasteiger partial charge in [-0.15, -0.1) is 0 Å². The number of hydrogen-bond acceptors (Lipinski definition) is 6. The number of esters is 1. The summed E-state index contributed by atoms with van der Waals surface area (Å²) in [6, 6.07) is 8.07. The van der Waals surface area contributed by atoms with Crippen LogP contribution < -0.4 is 10.4 Å². The average molecular weight is 344 g/mol. The van der Waals surface area contributed by atoms with Crippen LogP contribution in [-0.4, -0.2) is 28.5 Å². The highest BCUT2D eigenvalue weighted by molar-refractivity contribution is 5.95. The smallest absolute Gasteiger partial charge is 0.378 e. The summed E-state index contributed by atoms with van der Waals surface area (Å²) in [5, 5.41) is 4.30. The molecule has 0 saturated carbocycles. The number of para-hydroxylation sites is 1. The van der Waals surface area contributed by atoms with Crippen LogP contribution in [0, 0.1) is 0 Å². The largest absolute Gasteiger partial charge is 0.454 e. The van der Waals surface area contributed by atoms with Crippen molar-refractivity contribution in [1.82, 2.24) is 15.3 Å². The second-order valence-electron chi connectivity index (χ2n) is 6.96. The summed E-state index contributed by atoms with van der Waals surface area (Å²) in [5.74, 6) is -0.329. The van der Waals surface area contributed by atoms with Gasteiger partial charge in [-0.05, 0) is 33.8 Å². The second-order valence-corrected chi connectivity index (χ2v) is 6.96. The first kappa shape index (κ1) is 17.3. The van der Waals surface area contributed by atoms with E-state index < -0.39 is 11.6 Å². The molecule has 7 nitrogen and oxygen atoms in total. The van der Waals surface area contributed by atoms with E-state index in [0.29, 0.717) is 5.70 Å². The molecular formula is C18H24N4O3. The minimum absolute atomic E-state index is 0.164. The molecule has 0 spiro atoms. The number of hydrazine groups is 2. The third-order valence-corrected chi connectivity index (χ3v) is 3.89. The predicted octanol–water partition coefficient (Wildman–Crippen LogP) is 2.85. The molecule has 1 aromatic heterocycles. The van der Waals surface area contributed by atoms with Crippen molar-refractivity contribution in [2.45, 2.75) is 33.3 Å². The van der Waals surface area contributed by atoms with Gasteiger partial charge in [-0.1, -0.05) is 18.2 Å². The zero-order valence-corrected chi connectivity index (χ0v) is 15.5. The van der Waals surface area contributed by atoms with Crippen LogP contribution >= 0.6 is 0 Å². The summed E-state index contributed by atoms with van der Waals surface area (Å²) >= 11 is 0. The SMILES string of the molecule is CNN1OC(C(=O)OC(C)(C)C)=C(C)N1c1cn(C)c2ccccc12. The van der Waals surface area contributed by atoms with E-state index in [-0.39, 0.29) is 5.76 Å². The van der Waals surface area contributed by atoms with Gasteiger partial charge in [0.25, 0.3) is 5.76 Å². The number of carbonyl (C=O) groups is 1. The van der Waals surface area contributed by atoms with Gasteiger partial charge >= 0.3 is 5.97 Å². The Kier molecular flexibility index (Phi) is 4.22. The predicted molar refractivity (Wildman–Crippen MR) is 95.9 cm³/mol. The van der Waals surface area contributed by atoms with Crippen molar-refractivity contribution >= 4 is 22.6 Å². The Balaban J connectivity index is 2.05. The molecule has 0 bridgehead atoms. The topological polar surface area (TPSA) is 59.0 Å². The molecule has 7 heteroatoms. The third-order valence-electron chi connectivity index (χ3n) is 3.89. The number of rotatable bonds is 3. The molecule has 2 heterocycles. The summed E-state index contributed by atoms with van der Waals surface area (Å²) in [4.78, 5) is 18.2. The van der Waals surface area contributed by atoms with Crippen LogP contribution in [-0.2, 0) is 21.4 Å². The van der Waals surface area contributed by atoms with Gasteiger partial charge in [-0.25, -0.2) is 15.2 Å². The number of aryl methyl sites for hydroxylation is 1. The van der Waals surface area contributed by atoms with Gasteiger partial charge in [0.2, 0.25) is 0 Å². The highest BCUT2D eigenvalue weighted by Crippen LogP contribution is 2.36. The fourth-order valence-corrected chi connectivity index (χ4v) is 2.85. The molecule has 0 atom stereocenters. The fraction of sp³-hybridized carbons (Fsp3) is 0.389. The Morgan fingerprint density at radius 2 is 1.92 bits per heavy atom. The molecule has 0 fully saturated rings. The summed E-state index contributed by atoms with van der Waals surface area (Å²) in [7, 11) is 3.71. The first-order valence-corrected chi connectivity index (χ1v) is 8.16. The van der Waals surface area contributed by atoms with Crippen LogP contribution in [0.4, 0.5) is 5.69 Å². The van der Waals surface area contributed by atoms with Gasteiger partial charge in [0.05, 0.1) is 11.4 Å². The lowest BCUT2D eigenvalue weighted by Gasteiger charge is -2.26. The van der Waals surface area contributed by atoms with Gasteiger partial charge in [-0.3, -0.25) is 0 Å². The highest BCUT2D eigenvalue weighted by Gasteiger charge is 2.37. The molecule has 0 amide bonds. The molecule has 0 radical (unpaired) electrons. The number of nitrogens with one attached hydrogen (secondary N) is 1. The van der Waals surface area contributed by atoms with E-state index in [0.717, 1.165) is 16.6 Å². The van der Waals surface area contributed by atoms with E-state index >= 15 is 0 Å². The van der Waals surface area contributed by atoms with Crippen LogP contribution in [0.1, 0.15) is 27.7 Å². The normalized spacial score (nSPS) is 15.8. The zero-order valence-electron chi connectivity index (χ0n) is 15.5. The van der Waals surface area contributed by atoms with Crippen molar-refractivity contribution in [3.05, 3.63) is 41.9 Å². The maximum Gasteiger partial charge on any atom is 0.378 e. The maximum atomic E-state index is 12.5. The van der Waals surface area contributed by atoms with Crippen LogP contribution in [0.2, 0.25) is 0 Å². The van der Waals surface area contributed by atoms with E-state index in [1.165, 1.54) is 5.28 Å². The number of nitrogens with zero attached hydrogens (tertiary/aromatic N) is 3. The Hall–Kier alpha value is -2.51. The Bertz CT molecular complexity index is 848. The standard InChI is InChI=1S/C18H24N4O3/c1-12-16(17(23)24-18(2,3)4)25-22(19-5)21(12)15-11-20(6)14-10-8-7-9-13(14)15/h7-11,19H,1-6H3. The Morgan fingerprint density at radius 3 is 2.56 bits per heavy atom. The average Bonchev–Trinajstić information content (AvgIpc) is 3.03. The first-order chi connectivity index (χ1) is 11.7. The Labute approximate surface area is 147 Å². The summed E-state index contributed by atoms with van der Waals surface area (Å²) in [6.45, 7) is 7.31. The minimum Gasteiger partial charge on any atom is -0.454 e. The number of allylic oxidation sites excluding steroid dienone is 1. The summed E-state index contributed by atoms with van der Waals surface area (Å²) in [5.41, 5.74) is 5.00. The maximum absolute atomic E-state index is 12.5. The molecule has 0 aliphatic carbocycles. The molecule has 0 saturated heterocycles. The van der Waals surface area contributed by atoms with E-state index in [1.54, 1.807) is 7.05 Å². The molecule has 25 heavy (non-hydrogen) atoms. The van der Waals surface area contributed by atoms with Crippen LogP contribution in [0.3, 0.4) is 0 Å². The lowest BCUT2D eigenvalue weighted by atomic mass is 10.2. The van der Waals surface area contributed by atoms with Gasteiger partial charge in [0.1, 0.15) is 5.60 Å². The van der Waals surface area contributed by atoms with Crippen LogP contribution in [0.5, 0.6) is 0 Å². The summed E-state index contributed by atoms with van der Waals surface area (Å²) < 4.78 is 7.49. The number of benzene rings is 1. The molecular weight excluding hydrogens is 320 g/mol. The van der Waals surface area contributed by atoms with Gasteiger partial charge < -0.3 is 14.1 Å². The third kappa shape index (κ3) is 3.08. The lowest BCUT2D eigenvalue weighted by molar-refractivity contribution is -0.174. The molecule has 1 aliphatic rings. The van der Waals surface area contributed by atoms with Crippen molar-refractivity contribution in [3.63, 3.8) is 0 Å². The highest BCUT2D eigenvalue weighted by atomic mass is 16.8. The number of hydrogen-bond donors (Lipinski definition) is 1. The number of carbonyl (C=O) groups excluding carboxylic acids is 1. The quantitative estimate of drug-likeness (QED) is 0.864. The van der Waals surface area contributed by atoms with Crippen molar-refractivity contribution in [3.8, 4) is 0 Å². The van der Waals surface area contributed by atoms with Crippen molar-refractivity contribution < 1.29 is 14.4 Å². The van der Waals surface area contributed by atoms with Gasteiger partial charge in [0.15, 0.2) is 0 Å². The van der Waals surface area contributed by atoms with Crippen LogP contribution in [0.25, 0.3) is 10.9 Å². The van der Waals surface area contributed by atoms with Gasteiger partial charge in [0, 0.05) is 36.5 Å². The molecule has 134 valence electrons. The minimum atomic E-state index is -0.592.